The Morgan fingerprint density at radius 3 is 2.70 bits per heavy atom. The second kappa shape index (κ2) is 6.63. The number of benzene rings is 1. The average molecular weight is 443 g/mol. The van der Waals surface area contributed by atoms with Crippen molar-refractivity contribution in [2.24, 2.45) is 18.9 Å². The lowest BCUT2D eigenvalue weighted by Crippen LogP contribution is -2.56. The minimum atomic E-state index is -5.69. The predicted molar refractivity (Wildman–Crippen MR) is 107 cm³/mol. The maximum Gasteiger partial charge on any atom is 0.534 e. The van der Waals surface area contributed by atoms with E-state index in [2.05, 4.69) is 20.6 Å². The summed E-state index contributed by atoms with van der Waals surface area (Å²) in [7, 11) is -3.68. The van der Waals surface area contributed by atoms with Crippen LogP contribution >= 0.6 is 0 Å². The fraction of sp³-hybridized carbons (Fsp3) is 0.619. The standard InChI is InChI=1S/C21H25F3N2O3S/c1-3-13-8-12-9-17-19(13)26(11-12)7-6-15-16-10-14(29-30(27,28)21(22,23)24)4-5-18(16)25(2)20(15)17/h4-5,10,12-13,17,19H,3,6-9,11H2,1-2H3. The van der Waals surface area contributed by atoms with E-state index in [0.29, 0.717) is 23.8 Å². The van der Waals surface area contributed by atoms with Gasteiger partial charge in [0, 0.05) is 48.7 Å². The average Bonchev–Trinajstić information content (AvgIpc) is 2.88. The number of piperidine rings is 2. The minimum Gasteiger partial charge on any atom is -0.376 e. The van der Waals surface area contributed by atoms with Crippen LogP contribution in [0.3, 0.4) is 0 Å². The van der Waals surface area contributed by atoms with Crippen molar-refractivity contribution in [3.05, 3.63) is 29.5 Å². The Bertz CT molecular complexity index is 1110. The SMILES string of the molecule is CCC1CC2CC3c4c(c5cc(OS(=O)(=O)C(F)(F)F)ccc5n4C)CCN(C2)C13. The van der Waals surface area contributed by atoms with Crippen molar-refractivity contribution in [2.45, 2.75) is 50.1 Å². The number of aryl methyl sites for hydroxylation is 1. The molecule has 30 heavy (non-hydrogen) atoms. The predicted octanol–water partition coefficient (Wildman–Crippen LogP) is 4.17. The monoisotopic (exact) mass is 442 g/mol. The van der Waals surface area contributed by atoms with Crippen LogP contribution in [0.25, 0.3) is 10.9 Å². The lowest BCUT2D eigenvalue weighted by atomic mass is 9.65. The summed E-state index contributed by atoms with van der Waals surface area (Å²) in [5.74, 6) is 1.46. The van der Waals surface area contributed by atoms with Gasteiger partial charge in [0.05, 0.1) is 0 Å². The maximum atomic E-state index is 12.7. The molecule has 3 aliphatic heterocycles. The Kier molecular flexibility index (Phi) is 4.46. The van der Waals surface area contributed by atoms with Gasteiger partial charge in [-0.05, 0) is 54.9 Å². The van der Waals surface area contributed by atoms with Gasteiger partial charge in [-0.25, -0.2) is 0 Å². The summed E-state index contributed by atoms with van der Waals surface area (Å²) >= 11 is 0. The zero-order chi connectivity index (χ0) is 21.4. The molecule has 4 heterocycles. The molecule has 1 aliphatic carbocycles. The second-order valence-corrected chi connectivity index (χ2v) is 10.5. The van der Waals surface area contributed by atoms with Crippen molar-refractivity contribution in [2.75, 3.05) is 13.1 Å². The summed E-state index contributed by atoms with van der Waals surface area (Å²) in [6.45, 7) is 4.31. The summed E-state index contributed by atoms with van der Waals surface area (Å²) in [5, 5.41) is 0.792. The van der Waals surface area contributed by atoms with Crippen LogP contribution in [0.5, 0.6) is 5.75 Å². The topological polar surface area (TPSA) is 51.5 Å². The van der Waals surface area contributed by atoms with Gasteiger partial charge in [0.2, 0.25) is 0 Å². The van der Waals surface area contributed by atoms with E-state index in [1.54, 1.807) is 6.07 Å². The van der Waals surface area contributed by atoms with Crippen molar-refractivity contribution >= 4 is 21.0 Å². The van der Waals surface area contributed by atoms with E-state index >= 15 is 0 Å². The van der Waals surface area contributed by atoms with Crippen molar-refractivity contribution < 1.29 is 25.8 Å². The van der Waals surface area contributed by atoms with Crippen LogP contribution in [0, 0.1) is 11.8 Å². The van der Waals surface area contributed by atoms with Gasteiger partial charge in [-0.2, -0.15) is 21.6 Å². The highest BCUT2D eigenvalue weighted by molar-refractivity contribution is 7.88. The van der Waals surface area contributed by atoms with Gasteiger partial charge in [0.15, 0.2) is 0 Å². The van der Waals surface area contributed by atoms with Crippen LogP contribution in [0.2, 0.25) is 0 Å². The molecule has 2 aromatic rings. The van der Waals surface area contributed by atoms with Crippen molar-refractivity contribution in [1.82, 2.24) is 9.47 Å². The number of nitrogens with zero attached hydrogens (tertiary/aromatic N) is 2. The third-order valence-electron chi connectivity index (χ3n) is 7.37. The van der Waals surface area contributed by atoms with Gasteiger partial charge in [-0.15, -0.1) is 0 Å². The molecule has 4 aliphatic rings. The number of rotatable bonds is 3. The van der Waals surface area contributed by atoms with E-state index in [1.807, 2.05) is 7.05 Å². The highest BCUT2D eigenvalue weighted by Gasteiger charge is 2.50. The molecular weight excluding hydrogens is 417 g/mol. The fourth-order valence-corrected chi connectivity index (χ4v) is 6.76. The molecule has 0 radical (unpaired) electrons. The largest absolute Gasteiger partial charge is 0.534 e. The Hall–Kier alpha value is -1.74. The number of aromatic nitrogens is 1. The third-order valence-corrected chi connectivity index (χ3v) is 8.35. The fourth-order valence-electron chi connectivity index (χ4n) is 6.30. The van der Waals surface area contributed by atoms with Crippen molar-refractivity contribution in [3.8, 4) is 5.75 Å². The lowest BCUT2D eigenvalue weighted by molar-refractivity contribution is -0.0500. The third kappa shape index (κ3) is 2.88. The van der Waals surface area contributed by atoms with Crippen LogP contribution in [0.4, 0.5) is 13.2 Å². The van der Waals surface area contributed by atoms with E-state index in [0.717, 1.165) is 48.8 Å². The second-order valence-electron chi connectivity index (χ2n) is 8.93. The molecule has 2 saturated heterocycles. The number of alkyl halides is 3. The van der Waals surface area contributed by atoms with Gasteiger partial charge in [-0.3, -0.25) is 4.90 Å². The zero-order valence-corrected chi connectivity index (χ0v) is 17.8. The molecule has 1 saturated carbocycles. The maximum absolute atomic E-state index is 12.7. The number of fused-ring (bicyclic) bond motifs is 4. The molecule has 0 N–H and O–H groups in total. The first-order valence-electron chi connectivity index (χ1n) is 10.5. The zero-order valence-electron chi connectivity index (χ0n) is 16.9. The summed E-state index contributed by atoms with van der Waals surface area (Å²) in [4.78, 5) is 2.61. The summed E-state index contributed by atoms with van der Waals surface area (Å²) in [5.41, 5.74) is -2.16. The van der Waals surface area contributed by atoms with Crippen LogP contribution in [-0.2, 0) is 23.6 Å². The summed E-state index contributed by atoms with van der Waals surface area (Å²) in [6, 6.07) is 4.93. The van der Waals surface area contributed by atoms with Crippen LogP contribution in [0.1, 0.15) is 43.4 Å². The molecule has 9 heteroatoms. The number of hydrogen-bond acceptors (Lipinski definition) is 4. The van der Waals surface area contributed by atoms with E-state index in [9.17, 15) is 21.6 Å². The van der Waals surface area contributed by atoms with E-state index < -0.39 is 15.6 Å². The lowest BCUT2D eigenvalue weighted by Gasteiger charge is -2.53. The smallest absolute Gasteiger partial charge is 0.376 e. The molecular formula is C21H25F3N2O3S. The molecule has 1 aromatic carbocycles. The Morgan fingerprint density at radius 2 is 2.00 bits per heavy atom. The highest BCUT2D eigenvalue weighted by atomic mass is 32.2. The minimum absolute atomic E-state index is 0.297. The molecule has 4 bridgehead atoms. The number of hydrogen-bond donors (Lipinski definition) is 0. The first kappa shape index (κ1) is 20.2. The van der Waals surface area contributed by atoms with Crippen LogP contribution < -0.4 is 4.18 Å². The first-order valence-corrected chi connectivity index (χ1v) is 11.9. The van der Waals surface area contributed by atoms with Gasteiger partial charge in [0.25, 0.3) is 0 Å². The van der Waals surface area contributed by atoms with Crippen molar-refractivity contribution in [3.63, 3.8) is 0 Å². The van der Waals surface area contributed by atoms with Gasteiger partial charge < -0.3 is 8.75 Å². The normalized spacial score (nSPS) is 30.9. The molecule has 0 amide bonds. The molecule has 5 unspecified atom stereocenters. The summed E-state index contributed by atoms with van der Waals surface area (Å²) < 4.78 is 67.7. The highest BCUT2D eigenvalue weighted by Crippen LogP contribution is 2.51. The summed E-state index contributed by atoms with van der Waals surface area (Å²) in [6.07, 6.45) is 4.38. The molecule has 5 atom stereocenters. The quantitative estimate of drug-likeness (QED) is 0.529. The van der Waals surface area contributed by atoms with E-state index in [-0.39, 0.29) is 5.75 Å². The molecule has 0 spiro atoms. The molecule has 3 fully saturated rings. The Balaban J connectivity index is 1.61. The van der Waals surface area contributed by atoms with Gasteiger partial charge in [-0.1, -0.05) is 13.3 Å². The van der Waals surface area contributed by atoms with E-state index in [1.165, 1.54) is 24.2 Å². The van der Waals surface area contributed by atoms with Gasteiger partial charge in [0.1, 0.15) is 5.75 Å². The van der Waals surface area contributed by atoms with Crippen LogP contribution in [0.15, 0.2) is 18.2 Å². The first-order chi connectivity index (χ1) is 14.1. The molecule has 164 valence electrons. The molecule has 5 nitrogen and oxygen atoms in total. The molecule has 6 rings (SSSR count). The Labute approximate surface area is 173 Å². The van der Waals surface area contributed by atoms with Crippen molar-refractivity contribution in [1.29, 1.82) is 0 Å². The number of halogens is 3. The van der Waals surface area contributed by atoms with E-state index in [4.69, 9.17) is 0 Å². The van der Waals surface area contributed by atoms with Gasteiger partial charge >= 0.3 is 15.6 Å². The molecule has 1 aromatic heterocycles. The van der Waals surface area contributed by atoms with Crippen LogP contribution in [-0.4, -0.2) is 42.5 Å². The Morgan fingerprint density at radius 1 is 1.23 bits per heavy atom.